The average molecular weight is 239 g/mol. The van der Waals surface area contributed by atoms with Gasteiger partial charge in [-0.25, -0.2) is 0 Å². The Balaban J connectivity index is 2.41. The molecule has 1 aromatic heterocycles. The van der Waals surface area contributed by atoms with E-state index in [9.17, 15) is 9.59 Å². The summed E-state index contributed by atoms with van der Waals surface area (Å²) >= 11 is 0. The smallest absolute Gasteiger partial charge is 0.303 e. The molecule has 0 aliphatic carbocycles. The molecule has 0 saturated carbocycles. The maximum atomic E-state index is 11.8. The molecular formula is C11H17N3O3. The molecule has 0 aliphatic rings. The molecule has 0 bridgehead atoms. The van der Waals surface area contributed by atoms with Crippen molar-refractivity contribution in [2.24, 2.45) is 0 Å². The minimum absolute atomic E-state index is 0.0532. The molecule has 0 radical (unpaired) electrons. The molecule has 0 fully saturated rings. The molecule has 17 heavy (non-hydrogen) atoms. The minimum atomic E-state index is -0.855. The van der Waals surface area contributed by atoms with E-state index in [1.165, 1.54) is 0 Å². The first-order chi connectivity index (χ1) is 8.00. The van der Waals surface area contributed by atoms with Crippen molar-refractivity contribution in [3.8, 4) is 0 Å². The maximum absolute atomic E-state index is 11.8. The van der Waals surface area contributed by atoms with E-state index in [0.717, 1.165) is 0 Å². The number of hydrogen-bond donors (Lipinski definition) is 2. The zero-order valence-electron chi connectivity index (χ0n) is 9.96. The third-order valence-corrected chi connectivity index (χ3v) is 2.48. The summed E-state index contributed by atoms with van der Waals surface area (Å²) in [5.74, 6) is -1.02. The lowest BCUT2D eigenvalue weighted by Crippen LogP contribution is -2.37. The third kappa shape index (κ3) is 4.26. The van der Waals surface area contributed by atoms with E-state index in [0.29, 0.717) is 6.42 Å². The fourth-order valence-electron chi connectivity index (χ4n) is 1.41. The SMILES string of the molecule is CC(CCC(=O)O)NC(=O)C(C)n1cccn1. The summed E-state index contributed by atoms with van der Waals surface area (Å²) in [5.41, 5.74) is 0. The van der Waals surface area contributed by atoms with Crippen molar-refractivity contribution in [2.45, 2.75) is 38.8 Å². The summed E-state index contributed by atoms with van der Waals surface area (Å²) in [5, 5.41) is 15.3. The fourth-order valence-corrected chi connectivity index (χ4v) is 1.41. The van der Waals surface area contributed by atoms with E-state index in [2.05, 4.69) is 10.4 Å². The van der Waals surface area contributed by atoms with Crippen molar-refractivity contribution >= 4 is 11.9 Å². The van der Waals surface area contributed by atoms with E-state index < -0.39 is 12.0 Å². The molecule has 94 valence electrons. The largest absolute Gasteiger partial charge is 0.481 e. The fraction of sp³-hybridized carbons (Fsp3) is 0.545. The second-order valence-corrected chi connectivity index (χ2v) is 4.00. The lowest BCUT2D eigenvalue weighted by atomic mass is 10.1. The first-order valence-electron chi connectivity index (χ1n) is 5.52. The highest BCUT2D eigenvalue weighted by molar-refractivity contribution is 5.80. The summed E-state index contributed by atoms with van der Waals surface area (Å²) in [7, 11) is 0. The number of nitrogens with one attached hydrogen (secondary N) is 1. The molecule has 1 amide bonds. The van der Waals surface area contributed by atoms with Gasteiger partial charge in [0.15, 0.2) is 0 Å². The summed E-state index contributed by atoms with van der Waals surface area (Å²) in [6, 6.07) is 1.20. The number of carboxylic acids is 1. The van der Waals surface area contributed by atoms with Crippen molar-refractivity contribution in [3.63, 3.8) is 0 Å². The number of amides is 1. The highest BCUT2D eigenvalue weighted by Gasteiger charge is 2.17. The van der Waals surface area contributed by atoms with Crippen LogP contribution in [0, 0.1) is 0 Å². The van der Waals surface area contributed by atoms with Crippen LogP contribution in [-0.4, -0.2) is 32.8 Å². The van der Waals surface area contributed by atoms with Gasteiger partial charge in [-0.3, -0.25) is 14.3 Å². The number of aromatic nitrogens is 2. The first-order valence-corrected chi connectivity index (χ1v) is 5.52. The standard InChI is InChI=1S/C11H17N3O3/c1-8(4-5-10(15)16)13-11(17)9(2)14-7-3-6-12-14/h3,6-9H,4-5H2,1-2H3,(H,13,17)(H,15,16). The van der Waals surface area contributed by atoms with E-state index in [1.54, 1.807) is 37.0 Å². The second-order valence-electron chi connectivity index (χ2n) is 4.00. The van der Waals surface area contributed by atoms with Gasteiger partial charge in [-0.15, -0.1) is 0 Å². The maximum Gasteiger partial charge on any atom is 0.303 e. The Bertz CT molecular complexity index is 375. The quantitative estimate of drug-likeness (QED) is 0.769. The lowest BCUT2D eigenvalue weighted by Gasteiger charge is -2.17. The highest BCUT2D eigenvalue weighted by atomic mass is 16.4. The number of hydrogen-bond acceptors (Lipinski definition) is 3. The molecule has 0 spiro atoms. The van der Waals surface area contributed by atoms with E-state index in [4.69, 9.17) is 5.11 Å². The van der Waals surface area contributed by atoms with Crippen LogP contribution >= 0.6 is 0 Å². The second kappa shape index (κ2) is 6.03. The first kappa shape index (κ1) is 13.2. The molecule has 1 rings (SSSR count). The number of carbonyl (C=O) groups is 2. The third-order valence-electron chi connectivity index (χ3n) is 2.48. The molecule has 6 nitrogen and oxygen atoms in total. The van der Waals surface area contributed by atoms with Crippen LogP contribution in [-0.2, 0) is 9.59 Å². The molecule has 2 unspecified atom stereocenters. The van der Waals surface area contributed by atoms with Crippen LogP contribution in [0.25, 0.3) is 0 Å². The Morgan fingerprint density at radius 3 is 2.71 bits per heavy atom. The van der Waals surface area contributed by atoms with Gasteiger partial charge in [-0.2, -0.15) is 5.10 Å². The van der Waals surface area contributed by atoms with Gasteiger partial charge in [-0.05, 0) is 26.3 Å². The molecule has 6 heteroatoms. The zero-order valence-corrected chi connectivity index (χ0v) is 9.96. The van der Waals surface area contributed by atoms with Gasteiger partial charge < -0.3 is 10.4 Å². The lowest BCUT2D eigenvalue weighted by molar-refractivity contribution is -0.137. The predicted octanol–water partition coefficient (Wildman–Crippen LogP) is 0.814. The Labute approximate surface area is 99.6 Å². The van der Waals surface area contributed by atoms with Gasteiger partial charge in [0.2, 0.25) is 5.91 Å². The number of rotatable bonds is 6. The van der Waals surface area contributed by atoms with Crippen molar-refractivity contribution < 1.29 is 14.7 Å². The normalized spacial score (nSPS) is 14.0. The monoisotopic (exact) mass is 239 g/mol. The Hall–Kier alpha value is -1.85. The highest BCUT2D eigenvalue weighted by Crippen LogP contribution is 2.05. The minimum Gasteiger partial charge on any atom is -0.481 e. The zero-order chi connectivity index (χ0) is 12.8. The van der Waals surface area contributed by atoms with Crippen LogP contribution in [0.15, 0.2) is 18.5 Å². The predicted molar refractivity (Wildman–Crippen MR) is 61.4 cm³/mol. The van der Waals surface area contributed by atoms with E-state index in [-0.39, 0.29) is 18.4 Å². The molecule has 0 aromatic carbocycles. The molecule has 1 heterocycles. The number of carbonyl (C=O) groups excluding carboxylic acids is 1. The topological polar surface area (TPSA) is 84.2 Å². The Morgan fingerprint density at radius 2 is 2.18 bits per heavy atom. The van der Waals surface area contributed by atoms with Crippen molar-refractivity contribution in [1.29, 1.82) is 0 Å². The van der Waals surface area contributed by atoms with Gasteiger partial charge in [0.25, 0.3) is 0 Å². The Morgan fingerprint density at radius 1 is 1.47 bits per heavy atom. The average Bonchev–Trinajstić information content (AvgIpc) is 2.78. The Kier molecular flexibility index (Phi) is 4.68. The van der Waals surface area contributed by atoms with Crippen LogP contribution in [0.4, 0.5) is 0 Å². The van der Waals surface area contributed by atoms with Crippen LogP contribution in [0.1, 0.15) is 32.7 Å². The molecule has 2 atom stereocenters. The van der Waals surface area contributed by atoms with Crippen molar-refractivity contribution in [3.05, 3.63) is 18.5 Å². The molecular weight excluding hydrogens is 222 g/mol. The van der Waals surface area contributed by atoms with Crippen LogP contribution in [0.5, 0.6) is 0 Å². The molecule has 2 N–H and O–H groups in total. The van der Waals surface area contributed by atoms with Crippen molar-refractivity contribution in [1.82, 2.24) is 15.1 Å². The molecule has 0 aliphatic heterocycles. The number of aliphatic carboxylic acids is 1. The molecule has 1 aromatic rings. The van der Waals surface area contributed by atoms with Crippen LogP contribution < -0.4 is 5.32 Å². The van der Waals surface area contributed by atoms with Gasteiger partial charge in [0.05, 0.1) is 0 Å². The summed E-state index contributed by atoms with van der Waals surface area (Å²) in [6.07, 6.45) is 3.80. The van der Waals surface area contributed by atoms with Crippen LogP contribution in [0.2, 0.25) is 0 Å². The summed E-state index contributed by atoms with van der Waals surface area (Å²) in [4.78, 5) is 22.2. The number of carboxylic acid groups (broad SMARTS) is 1. The van der Waals surface area contributed by atoms with Gasteiger partial charge in [-0.1, -0.05) is 0 Å². The van der Waals surface area contributed by atoms with Gasteiger partial charge in [0.1, 0.15) is 6.04 Å². The summed E-state index contributed by atoms with van der Waals surface area (Å²) in [6.45, 7) is 3.53. The van der Waals surface area contributed by atoms with Crippen molar-refractivity contribution in [2.75, 3.05) is 0 Å². The number of nitrogens with zero attached hydrogens (tertiary/aromatic N) is 2. The molecule has 0 saturated heterocycles. The van der Waals surface area contributed by atoms with E-state index >= 15 is 0 Å². The van der Waals surface area contributed by atoms with Gasteiger partial charge >= 0.3 is 5.97 Å². The van der Waals surface area contributed by atoms with Gasteiger partial charge in [0, 0.05) is 24.9 Å². The summed E-state index contributed by atoms with van der Waals surface area (Å²) < 4.78 is 1.55. The van der Waals surface area contributed by atoms with E-state index in [1.807, 2.05) is 0 Å². The van der Waals surface area contributed by atoms with Crippen LogP contribution in [0.3, 0.4) is 0 Å².